The average molecular weight is 401 g/mol. The highest BCUT2D eigenvalue weighted by molar-refractivity contribution is 7.99. The summed E-state index contributed by atoms with van der Waals surface area (Å²) in [4.78, 5) is 25.7. The van der Waals surface area contributed by atoms with Crippen LogP contribution >= 0.6 is 23.1 Å². The highest BCUT2D eigenvalue weighted by Crippen LogP contribution is 2.20. The summed E-state index contributed by atoms with van der Waals surface area (Å²) in [7, 11) is 0. The first kappa shape index (κ1) is 19.1. The van der Waals surface area contributed by atoms with Gasteiger partial charge in [-0.1, -0.05) is 12.1 Å². The van der Waals surface area contributed by atoms with Crippen molar-refractivity contribution < 1.29 is 14.0 Å². The van der Waals surface area contributed by atoms with Crippen LogP contribution < -0.4 is 10.6 Å². The van der Waals surface area contributed by atoms with Crippen LogP contribution in [0.2, 0.25) is 0 Å². The van der Waals surface area contributed by atoms with Crippen molar-refractivity contribution in [3.63, 3.8) is 0 Å². The summed E-state index contributed by atoms with van der Waals surface area (Å²) in [5.74, 6) is 0.0189. The maximum Gasteiger partial charge on any atom is 0.265 e. The van der Waals surface area contributed by atoms with Crippen molar-refractivity contribution in [3.8, 4) is 0 Å². The van der Waals surface area contributed by atoms with E-state index in [1.165, 1.54) is 35.2 Å². The van der Waals surface area contributed by atoms with E-state index in [2.05, 4.69) is 10.6 Å². The van der Waals surface area contributed by atoms with Crippen molar-refractivity contribution >= 4 is 46.3 Å². The summed E-state index contributed by atoms with van der Waals surface area (Å²) in [6, 6.07) is 16.8. The van der Waals surface area contributed by atoms with Crippen molar-refractivity contribution in [3.05, 3.63) is 76.7 Å². The quantitative estimate of drug-likeness (QED) is 0.532. The molecular formula is C20H17FN2O2S2. The summed E-state index contributed by atoms with van der Waals surface area (Å²) in [5, 5.41) is 7.48. The van der Waals surface area contributed by atoms with Crippen LogP contribution in [-0.4, -0.2) is 17.6 Å². The van der Waals surface area contributed by atoms with E-state index in [4.69, 9.17) is 0 Å². The van der Waals surface area contributed by atoms with Gasteiger partial charge in [-0.2, -0.15) is 0 Å². The Kier molecular flexibility index (Phi) is 6.62. The minimum Gasteiger partial charge on any atom is -0.326 e. The molecule has 138 valence electrons. The van der Waals surface area contributed by atoms with E-state index < -0.39 is 0 Å². The fraction of sp³-hybridized carbons (Fsp3) is 0.100. The molecule has 0 aliphatic heterocycles. The molecule has 1 aromatic heterocycles. The average Bonchev–Trinajstić information content (AvgIpc) is 3.18. The van der Waals surface area contributed by atoms with E-state index >= 15 is 0 Å². The lowest BCUT2D eigenvalue weighted by atomic mass is 10.2. The third-order valence-corrected chi connectivity index (χ3v) is 5.44. The molecule has 2 aromatic carbocycles. The summed E-state index contributed by atoms with van der Waals surface area (Å²) >= 11 is 2.86. The van der Waals surface area contributed by atoms with Crippen LogP contribution in [0.1, 0.15) is 16.1 Å². The maximum atomic E-state index is 12.9. The number of amides is 2. The molecule has 0 aliphatic rings. The SMILES string of the molecule is O=C(CCSc1ccc(F)cc1)Nc1cccc(NC(=O)c2cccs2)c1. The first-order chi connectivity index (χ1) is 13.1. The predicted molar refractivity (Wildman–Crippen MR) is 109 cm³/mol. The van der Waals surface area contributed by atoms with Crippen molar-refractivity contribution in [2.45, 2.75) is 11.3 Å². The number of rotatable bonds is 7. The minimum atomic E-state index is -0.275. The Balaban J connectivity index is 1.49. The van der Waals surface area contributed by atoms with Gasteiger partial charge in [0.1, 0.15) is 5.82 Å². The number of anilines is 2. The van der Waals surface area contributed by atoms with E-state index in [9.17, 15) is 14.0 Å². The third-order valence-electron chi connectivity index (χ3n) is 3.56. The fourth-order valence-electron chi connectivity index (χ4n) is 2.29. The van der Waals surface area contributed by atoms with Crippen LogP contribution in [-0.2, 0) is 4.79 Å². The Morgan fingerprint density at radius 2 is 1.70 bits per heavy atom. The first-order valence-corrected chi connectivity index (χ1v) is 10.1. The van der Waals surface area contributed by atoms with Gasteiger partial charge >= 0.3 is 0 Å². The normalized spacial score (nSPS) is 10.4. The summed E-state index contributed by atoms with van der Waals surface area (Å²) in [6.07, 6.45) is 0.327. The lowest BCUT2D eigenvalue weighted by Gasteiger charge is -2.08. The largest absolute Gasteiger partial charge is 0.326 e. The molecule has 0 bridgehead atoms. The Hall–Kier alpha value is -2.64. The van der Waals surface area contributed by atoms with Gasteiger partial charge in [-0.3, -0.25) is 9.59 Å². The third kappa shape index (κ3) is 5.94. The standard InChI is InChI=1S/C20H17FN2O2S2/c21-14-6-8-17(9-7-14)26-12-10-19(24)22-15-3-1-4-16(13-15)23-20(25)18-5-2-11-27-18/h1-9,11,13H,10,12H2,(H,22,24)(H,23,25). The molecule has 0 fully saturated rings. The van der Waals surface area contributed by atoms with Gasteiger partial charge in [-0.15, -0.1) is 23.1 Å². The molecule has 7 heteroatoms. The predicted octanol–water partition coefficient (Wildman–Crippen LogP) is 5.26. The zero-order valence-corrected chi connectivity index (χ0v) is 15.9. The zero-order valence-electron chi connectivity index (χ0n) is 14.3. The fourth-order valence-corrected chi connectivity index (χ4v) is 3.76. The topological polar surface area (TPSA) is 58.2 Å². The number of thioether (sulfide) groups is 1. The van der Waals surface area contributed by atoms with E-state index in [0.29, 0.717) is 28.4 Å². The molecule has 0 unspecified atom stereocenters. The summed E-state index contributed by atoms with van der Waals surface area (Å²) in [6.45, 7) is 0. The molecule has 0 radical (unpaired) electrons. The Bertz CT molecular complexity index is 912. The van der Waals surface area contributed by atoms with E-state index in [-0.39, 0.29) is 17.6 Å². The van der Waals surface area contributed by atoms with Gasteiger partial charge in [0.15, 0.2) is 0 Å². The van der Waals surface area contributed by atoms with Crippen LogP contribution in [0.3, 0.4) is 0 Å². The highest BCUT2D eigenvalue weighted by Gasteiger charge is 2.08. The molecule has 1 heterocycles. The molecule has 4 nitrogen and oxygen atoms in total. The molecule has 0 saturated carbocycles. The number of carbonyl (C=O) groups excluding carboxylic acids is 2. The second-order valence-electron chi connectivity index (χ2n) is 5.61. The van der Waals surface area contributed by atoms with Gasteiger partial charge in [0.05, 0.1) is 4.88 Å². The summed E-state index contributed by atoms with van der Waals surface area (Å²) < 4.78 is 12.9. The molecule has 0 atom stereocenters. The van der Waals surface area contributed by atoms with Crippen LogP contribution in [0.4, 0.5) is 15.8 Å². The van der Waals surface area contributed by atoms with Gasteiger partial charge in [-0.05, 0) is 53.9 Å². The van der Waals surface area contributed by atoms with Crippen molar-refractivity contribution in [1.82, 2.24) is 0 Å². The molecule has 3 rings (SSSR count). The second kappa shape index (κ2) is 9.34. The number of halogens is 1. The zero-order chi connectivity index (χ0) is 19.1. The second-order valence-corrected chi connectivity index (χ2v) is 7.73. The molecule has 3 aromatic rings. The lowest BCUT2D eigenvalue weighted by molar-refractivity contribution is -0.115. The number of carbonyl (C=O) groups is 2. The number of hydrogen-bond donors (Lipinski definition) is 2. The van der Waals surface area contributed by atoms with Crippen LogP contribution in [0.25, 0.3) is 0 Å². The first-order valence-electron chi connectivity index (χ1n) is 8.23. The Morgan fingerprint density at radius 1 is 0.963 bits per heavy atom. The Labute approximate surface area is 164 Å². The van der Waals surface area contributed by atoms with Crippen molar-refractivity contribution in [1.29, 1.82) is 0 Å². The molecular weight excluding hydrogens is 383 g/mol. The molecule has 0 spiro atoms. The molecule has 2 amide bonds. The van der Waals surface area contributed by atoms with Gasteiger partial charge in [-0.25, -0.2) is 4.39 Å². The Morgan fingerprint density at radius 3 is 2.41 bits per heavy atom. The van der Waals surface area contributed by atoms with Crippen LogP contribution in [0.15, 0.2) is 70.9 Å². The highest BCUT2D eigenvalue weighted by atomic mass is 32.2. The number of benzene rings is 2. The molecule has 0 saturated heterocycles. The monoisotopic (exact) mass is 400 g/mol. The summed E-state index contributed by atoms with van der Waals surface area (Å²) in [5.41, 5.74) is 1.24. The minimum absolute atomic E-state index is 0.119. The van der Waals surface area contributed by atoms with E-state index in [1.807, 2.05) is 11.4 Å². The maximum absolute atomic E-state index is 12.9. The van der Waals surface area contributed by atoms with Gasteiger partial charge in [0.25, 0.3) is 5.91 Å². The number of hydrogen-bond acceptors (Lipinski definition) is 4. The van der Waals surface area contributed by atoms with Gasteiger partial charge in [0.2, 0.25) is 5.91 Å². The van der Waals surface area contributed by atoms with Gasteiger partial charge in [0, 0.05) is 28.4 Å². The molecule has 0 aliphatic carbocycles. The van der Waals surface area contributed by atoms with Gasteiger partial charge < -0.3 is 10.6 Å². The molecule has 27 heavy (non-hydrogen) atoms. The number of thiophene rings is 1. The van der Waals surface area contributed by atoms with E-state index in [1.54, 1.807) is 42.5 Å². The number of nitrogens with one attached hydrogen (secondary N) is 2. The van der Waals surface area contributed by atoms with Crippen LogP contribution in [0, 0.1) is 5.82 Å². The molecule has 2 N–H and O–H groups in total. The lowest BCUT2D eigenvalue weighted by Crippen LogP contribution is -2.13. The van der Waals surface area contributed by atoms with Crippen molar-refractivity contribution in [2.75, 3.05) is 16.4 Å². The van der Waals surface area contributed by atoms with Crippen LogP contribution in [0.5, 0.6) is 0 Å². The van der Waals surface area contributed by atoms with E-state index in [0.717, 1.165) is 4.90 Å². The smallest absolute Gasteiger partial charge is 0.265 e. The van der Waals surface area contributed by atoms with Crippen molar-refractivity contribution in [2.24, 2.45) is 0 Å².